The Bertz CT molecular complexity index is 723. The van der Waals surface area contributed by atoms with Crippen LogP contribution in [0.25, 0.3) is 0 Å². The van der Waals surface area contributed by atoms with Crippen molar-refractivity contribution in [1.29, 1.82) is 0 Å². The Morgan fingerprint density at radius 3 is 2.08 bits per heavy atom. The van der Waals surface area contributed by atoms with Gasteiger partial charge in [0.25, 0.3) is 11.6 Å². The van der Waals surface area contributed by atoms with Gasteiger partial charge in [-0.3, -0.25) is 14.9 Å². The normalized spacial score (nSPS) is 21.3. The van der Waals surface area contributed by atoms with E-state index in [2.05, 4.69) is 0 Å². The first kappa shape index (κ1) is 18.8. The minimum absolute atomic E-state index is 0.0239. The van der Waals surface area contributed by atoms with Crippen molar-refractivity contribution in [2.24, 2.45) is 5.41 Å². The Kier molecular flexibility index (Phi) is 4.31. The summed E-state index contributed by atoms with van der Waals surface area (Å²) in [6, 6.07) is 4.55. The molecule has 1 heterocycles. The predicted octanol–water partition coefficient (Wildman–Crippen LogP) is 2.47. The highest BCUT2D eigenvalue weighted by Crippen LogP contribution is 2.36. The number of halogens is 3. The molecule has 0 radical (unpaired) electrons. The van der Waals surface area contributed by atoms with E-state index in [9.17, 15) is 27.6 Å². The zero-order valence-corrected chi connectivity index (χ0v) is 14.1. The minimum atomic E-state index is -5.22. The molecule has 0 aliphatic carbocycles. The highest BCUT2D eigenvalue weighted by Gasteiger charge is 2.69. The summed E-state index contributed by atoms with van der Waals surface area (Å²) in [4.78, 5) is 37.1. The molecule has 0 bridgehead atoms. The van der Waals surface area contributed by atoms with E-state index in [4.69, 9.17) is 0 Å². The van der Waals surface area contributed by atoms with E-state index in [0.717, 1.165) is 5.56 Å². The fourth-order valence-corrected chi connectivity index (χ4v) is 2.16. The maximum atomic E-state index is 13.7. The van der Waals surface area contributed by atoms with Crippen LogP contribution in [-0.4, -0.2) is 29.7 Å². The van der Waals surface area contributed by atoms with Gasteiger partial charge in [0.15, 0.2) is 0 Å². The molecule has 1 aromatic rings. The zero-order valence-electron chi connectivity index (χ0n) is 14.1. The summed E-state index contributed by atoms with van der Waals surface area (Å²) in [5.74, 6) is -2.63. The van der Waals surface area contributed by atoms with Crippen LogP contribution in [0, 0.1) is 12.3 Å². The maximum Gasteiger partial charge on any atom is 0.440 e. The van der Waals surface area contributed by atoms with Crippen LogP contribution >= 0.6 is 0 Å². The van der Waals surface area contributed by atoms with Gasteiger partial charge in [0, 0.05) is 5.41 Å². The fraction of sp³-hybridized carbons (Fsp3) is 0.438. The lowest BCUT2D eigenvalue weighted by atomic mass is 9.94. The number of nitrogens with one attached hydrogen (secondary N) is 2. The van der Waals surface area contributed by atoms with Crippen LogP contribution in [0.1, 0.15) is 26.3 Å². The second-order valence-corrected chi connectivity index (χ2v) is 6.86. The molecule has 2 N–H and O–H groups in total. The number of amides is 4. The lowest BCUT2D eigenvalue weighted by Gasteiger charge is -2.32. The molecule has 136 valence electrons. The second kappa shape index (κ2) is 5.75. The number of imide groups is 1. The van der Waals surface area contributed by atoms with Crippen molar-refractivity contribution in [2.75, 3.05) is 4.90 Å². The van der Waals surface area contributed by atoms with Crippen molar-refractivity contribution in [3.8, 4) is 0 Å². The van der Waals surface area contributed by atoms with Crippen LogP contribution < -0.4 is 15.5 Å². The van der Waals surface area contributed by atoms with Crippen LogP contribution in [-0.2, 0) is 9.59 Å². The van der Waals surface area contributed by atoms with Gasteiger partial charge in [-0.25, -0.2) is 9.69 Å². The van der Waals surface area contributed by atoms with Crippen LogP contribution in [0.5, 0.6) is 0 Å². The Balaban J connectivity index is 2.49. The Morgan fingerprint density at radius 2 is 1.64 bits per heavy atom. The Morgan fingerprint density at radius 1 is 1.12 bits per heavy atom. The number of alkyl halides is 3. The number of nitrogens with zero attached hydrogens (tertiary/aromatic N) is 1. The molecule has 9 heteroatoms. The number of carbonyl (C=O) groups is 3. The molecule has 0 unspecified atom stereocenters. The molecule has 0 saturated carbocycles. The van der Waals surface area contributed by atoms with E-state index >= 15 is 0 Å². The quantitative estimate of drug-likeness (QED) is 0.798. The van der Waals surface area contributed by atoms with E-state index in [1.807, 2.05) is 0 Å². The van der Waals surface area contributed by atoms with Gasteiger partial charge in [0.2, 0.25) is 5.91 Å². The summed E-state index contributed by atoms with van der Waals surface area (Å²) >= 11 is 0. The standard InChI is InChI=1S/C16H18F3N3O3/c1-9-5-7-10(8-6-9)22-12(24)15(16(17,18)19,21-13(22)25)20-11(23)14(2,3)4/h5-8H,1-4H3,(H,20,23)(H,21,25)/t15-/m0/s1. The van der Waals surface area contributed by atoms with Gasteiger partial charge >= 0.3 is 12.2 Å². The van der Waals surface area contributed by atoms with Gasteiger partial charge in [-0.2, -0.15) is 13.2 Å². The molecule has 25 heavy (non-hydrogen) atoms. The highest BCUT2D eigenvalue weighted by molar-refractivity contribution is 6.24. The number of hydrogen-bond acceptors (Lipinski definition) is 3. The lowest BCUT2D eigenvalue weighted by Crippen LogP contribution is -2.70. The average Bonchev–Trinajstić information content (AvgIpc) is 2.71. The van der Waals surface area contributed by atoms with E-state index in [1.165, 1.54) is 32.9 Å². The van der Waals surface area contributed by atoms with Crippen molar-refractivity contribution in [1.82, 2.24) is 10.6 Å². The van der Waals surface area contributed by atoms with Crippen LogP contribution in [0.3, 0.4) is 0 Å². The number of benzene rings is 1. The average molecular weight is 357 g/mol. The van der Waals surface area contributed by atoms with E-state index in [0.29, 0.717) is 4.90 Å². The molecule has 6 nitrogen and oxygen atoms in total. The molecule has 1 fully saturated rings. The van der Waals surface area contributed by atoms with E-state index in [1.54, 1.807) is 29.7 Å². The van der Waals surface area contributed by atoms with E-state index in [-0.39, 0.29) is 5.69 Å². The number of aryl methyl sites for hydroxylation is 1. The molecule has 0 aromatic heterocycles. The molecule has 1 atom stereocenters. The van der Waals surface area contributed by atoms with Crippen molar-refractivity contribution < 1.29 is 27.6 Å². The number of rotatable bonds is 2. The highest BCUT2D eigenvalue weighted by atomic mass is 19.4. The molecule has 1 saturated heterocycles. The lowest BCUT2D eigenvalue weighted by molar-refractivity contribution is -0.202. The third kappa shape index (κ3) is 3.18. The monoisotopic (exact) mass is 357 g/mol. The Hall–Kier alpha value is -2.58. The van der Waals surface area contributed by atoms with Crippen molar-refractivity contribution in [3.63, 3.8) is 0 Å². The van der Waals surface area contributed by atoms with Crippen LogP contribution in [0.2, 0.25) is 0 Å². The molecular formula is C16H18F3N3O3. The largest absolute Gasteiger partial charge is 0.440 e. The third-order valence-electron chi connectivity index (χ3n) is 3.72. The number of hydrogen-bond donors (Lipinski definition) is 2. The summed E-state index contributed by atoms with van der Waals surface area (Å²) in [6.45, 7) is 5.93. The molecule has 1 aliphatic heterocycles. The van der Waals surface area contributed by atoms with Crippen LogP contribution in [0.15, 0.2) is 24.3 Å². The molecule has 0 spiro atoms. The van der Waals surface area contributed by atoms with Gasteiger partial charge in [-0.1, -0.05) is 38.5 Å². The smallest absolute Gasteiger partial charge is 0.317 e. The Labute approximate surface area is 142 Å². The number of carbonyl (C=O) groups excluding carboxylic acids is 3. The third-order valence-corrected chi connectivity index (χ3v) is 3.72. The summed E-state index contributed by atoms with van der Waals surface area (Å²) in [5, 5.41) is 3.28. The SMILES string of the molecule is Cc1ccc(N2C(=O)N[C@](NC(=O)C(C)(C)C)(C(F)(F)F)C2=O)cc1. The van der Waals surface area contributed by atoms with Gasteiger partial charge in [0.1, 0.15) is 0 Å². The summed E-state index contributed by atoms with van der Waals surface area (Å²) < 4.78 is 41.0. The molecule has 2 rings (SSSR count). The first-order valence-electron chi connectivity index (χ1n) is 7.42. The van der Waals surface area contributed by atoms with Crippen LogP contribution in [0.4, 0.5) is 23.7 Å². The fourth-order valence-electron chi connectivity index (χ4n) is 2.16. The maximum absolute atomic E-state index is 13.7. The summed E-state index contributed by atoms with van der Waals surface area (Å²) in [7, 11) is 0. The second-order valence-electron chi connectivity index (χ2n) is 6.86. The van der Waals surface area contributed by atoms with Gasteiger partial charge in [-0.05, 0) is 19.1 Å². The van der Waals surface area contributed by atoms with Gasteiger partial charge in [0.05, 0.1) is 5.69 Å². The van der Waals surface area contributed by atoms with E-state index < -0.39 is 35.1 Å². The van der Waals surface area contributed by atoms with Crippen molar-refractivity contribution in [3.05, 3.63) is 29.8 Å². The van der Waals surface area contributed by atoms with Gasteiger partial charge < -0.3 is 5.32 Å². The molecule has 4 amide bonds. The van der Waals surface area contributed by atoms with Crippen molar-refractivity contribution >= 4 is 23.5 Å². The minimum Gasteiger partial charge on any atom is -0.317 e. The molecular weight excluding hydrogens is 339 g/mol. The van der Waals surface area contributed by atoms with Crippen molar-refractivity contribution in [2.45, 2.75) is 39.5 Å². The summed E-state index contributed by atoms with van der Waals surface area (Å²) in [5.41, 5.74) is -3.91. The number of urea groups is 1. The zero-order chi connectivity index (χ0) is 19.2. The number of anilines is 1. The first-order valence-corrected chi connectivity index (χ1v) is 7.42. The van der Waals surface area contributed by atoms with Gasteiger partial charge in [-0.15, -0.1) is 0 Å². The summed E-state index contributed by atoms with van der Waals surface area (Å²) in [6.07, 6.45) is -5.22. The topological polar surface area (TPSA) is 78.5 Å². The molecule has 1 aliphatic rings. The molecule has 1 aromatic carbocycles. The first-order chi connectivity index (χ1) is 11.3. The predicted molar refractivity (Wildman–Crippen MR) is 83.6 cm³/mol.